The fourth-order valence-corrected chi connectivity index (χ4v) is 4.31. The Labute approximate surface area is 166 Å². The zero-order valence-electron chi connectivity index (χ0n) is 16.6. The quantitative estimate of drug-likeness (QED) is 0.800. The lowest BCUT2D eigenvalue weighted by Gasteiger charge is -2.49. The smallest absolute Gasteiger partial charge is 0.219 e. The van der Waals surface area contributed by atoms with Crippen molar-refractivity contribution in [2.45, 2.75) is 57.3 Å². The zero-order chi connectivity index (χ0) is 20.1. The first-order valence-corrected chi connectivity index (χ1v) is 9.95. The van der Waals surface area contributed by atoms with Gasteiger partial charge in [-0.15, -0.1) is 0 Å². The Kier molecular flexibility index (Phi) is 6.57. The molecule has 0 aliphatic carbocycles. The Hall–Kier alpha value is -2.12. The molecule has 2 aliphatic rings. The molecular weight excluding hydrogens is 360 g/mol. The highest BCUT2D eigenvalue weighted by Crippen LogP contribution is 2.43. The van der Waals surface area contributed by atoms with E-state index in [-0.39, 0.29) is 42.8 Å². The number of ether oxygens (including phenoxy) is 2. The topological polar surface area (TPSA) is 88.1 Å². The van der Waals surface area contributed by atoms with E-state index < -0.39 is 0 Å². The third kappa shape index (κ3) is 5.02. The van der Waals surface area contributed by atoms with Gasteiger partial charge < -0.3 is 24.8 Å². The van der Waals surface area contributed by atoms with Crippen LogP contribution in [0.5, 0.6) is 5.75 Å². The highest BCUT2D eigenvalue weighted by atomic mass is 16.5. The molecule has 1 aromatic rings. The number of benzene rings is 1. The van der Waals surface area contributed by atoms with Gasteiger partial charge in [0.05, 0.1) is 18.3 Å². The van der Waals surface area contributed by atoms with Gasteiger partial charge in [0.15, 0.2) is 0 Å². The molecule has 2 fully saturated rings. The van der Waals surface area contributed by atoms with Crippen molar-refractivity contribution in [2.75, 3.05) is 26.3 Å². The van der Waals surface area contributed by atoms with Gasteiger partial charge in [0.2, 0.25) is 11.8 Å². The van der Waals surface area contributed by atoms with E-state index in [0.717, 1.165) is 24.8 Å². The van der Waals surface area contributed by atoms with E-state index in [4.69, 9.17) is 14.6 Å². The Balaban J connectivity index is 1.79. The number of nitrogens with one attached hydrogen (secondary N) is 1. The van der Waals surface area contributed by atoms with Gasteiger partial charge in [-0.05, 0) is 43.4 Å². The molecule has 0 aromatic heterocycles. The molecule has 2 amide bonds. The molecule has 0 radical (unpaired) electrons. The van der Waals surface area contributed by atoms with Crippen LogP contribution in [0.4, 0.5) is 0 Å². The Morgan fingerprint density at radius 2 is 2.07 bits per heavy atom. The van der Waals surface area contributed by atoms with Crippen LogP contribution in [0, 0.1) is 0 Å². The Bertz CT molecular complexity index is 700. The number of hydrogen-bond donors (Lipinski definition) is 2. The van der Waals surface area contributed by atoms with Crippen LogP contribution < -0.4 is 10.1 Å². The fraction of sp³-hybridized carbons (Fsp3) is 0.619. The van der Waals surface area contributed by atoms with Crippen LogP contribution >= 0.6 is 0 Å². The van der Waals surface area contributed by atoms with Crippen molar-refractivity contribution >= 4 is 11.8 Å². The number of likely N-dealkylation sites (tertiary alicyclic amines) is 1. The van der Waals surface area contributed by atoms with Crippen molar-refractivity contribution in [1.82, 2.24) is 10.2 Å². The maximum atomic E-state index is 11.7. The van der Waals surface area contributed by atoms with Crippen molar-refractivity contribution in [3.05, 3.63) is 29.8 Å². The largest absolute Gasteiger partial charge is 0.491 e. The maximum absolute atomic E-state index is 11.7. The third-order valence-corrected chi connectivity index (χ3v) is 5.63. The van der Waals surface area contributed by atoms with E-state index in [1.54, 1.807) is 13.8 Å². The van der Waals surface area contributed by atoms with E-state index in [0.29, 0.717) is 25.3 Å². The summed E-state index contributed by atoms with van der Waals surface area (Å²) in [7, 11) is 0. The van der Waals surface area contributed by atoms with E-state index >= 15 is 0 Å². The van der Waals surface area contributed by atoms with Crippen molar-refractivity contribution in [3.63, 3.8) is 0 Å². The molecule has 28 heavy (non-hydrogen) atoms. The van der Waals surface area contributed by atoms with Crippen LogP contribution in [-0.2, 0) is 14.3 Å². The standard InChI is InChI=1S/C21H30N2O5/c1-15(25)22-18-13-20(17-4-3-5-19(12-17)27-11-10-24)28-21(14-18)6-8-23(9-7-21)16(2)26/h3-5,12,18,20,24H,6-11,13-14H2,1-2H3,(H,22,25)/t18-,20-/m1/s1. The molecule has 0 saturated carbocycles. The first-order chi connectivity index (χ1) is 13.4. The molecule has 0 unspecified atom stereocenters. The molecule has 0 bridgehead atoms. The highest BCUT2D eigenvalue weighted by Gasteiger charge is 2.44. The summed E-state index contributed by atoms with van der Waals surface area (Å²) in [5.41, 5.74) is 0.656. The van der Waals surface area contributed by atoms with Gasteiger partial charge in [-0.3, -0.25) is 9.59 Å². The molecule has 1 spiro atoms. The summed E-state index contributed by atoms with van der Waals surface area (Å²) < 4.78 is 12.1. The summed E-state index contributed by atoms with van der Waals surface area (Å²) >= 11 is 0. The second-order valence-electron chi connectivity index (χ2n) is 7.78. The first kappa shape index (κ1) is 20.6. The Morgan fingerprint density at radius 1 is 1.32 bits per heavy atom. The Morgan fingerprint density at radius 3 is 2.71 bits per heavy atom. The number of carbonyl (C=O) groups is 2. The number of carbonyl (C=O) groups excluding carboxylic acids is 2. The normalized spacial score (nSPS) is 24.0. The van der Waals surface area contributed by atoms with Gasteiger partial charge in [-0.1, -0.05) is 12.1 Å². The monoisotopic (exact) mass is 390 g/mol. The van der Waals surface area contributed by atoms with Crippen LogP contribution in [0.3, 0.4) is 0 Å². The molecule has 154 valence electrons. The minimum absolute atomic E-state index is 0.0298. The molecule has 1 aromatic carbocycles. The van der Waals surface area contributed by atoms with Crippen LogP contribution in [0.1, 0.15) is 51.2 Å². The number of aliphatic hydroxyl groups excluding tert-OH is 1. The number of aliphatic hydroxyl groups is 1. The van der Waals surface area contributed by atoms with Gasteiger partial charge >= 0.3 is 0 Å². The fourth-order valence-electron chi connectivity index (χ4n) is 4.31. The molecule has 2 saturated heterocycles. The predicted molar refractivity (Wildman–Crippen MR) is 104 cm³/mol. The maximum Gasteiger partial charge on any atom is 0.219 e. The number of amides is 2. The lowest BCUT2D eigenvalue weighted by Crippen LogP contribution is -2.54. The van der Waals surface area contributed by atoms with Crippen molar-refractivity contribution in [2.24, 2.45) is 0 Å². The molecule has 2 heterocycles. The average molecular weight is 390 g/mol. The SMILES string of the molecule is CC(=O)N[C@@H]1C[C@H](c2cccc(OCCO)c2)OC2(CCN(C(C)=O)CC2)C1. The molecule has 2 N–H and O–H groups in total. The summed E-state index contributed by atoms with van der Waals surface area (Å²) in [5.74, 6) is 0.744. The summed E-state index contributed by atoms with van der Waals surface area (Å²) in [5, 5.41) is 12.0. The van der Waals surface area contributed by atoms with Crippen molar-refractivity contribution in [1.29, 1.82) is 0 Å². The van der Waals surface area contributed by atoms with E-state index in [2.05, 4.69) is 5.32 Å². The molecule has 7 nitrogen and oxygen atoms in total. The third-order valence-electron chi connectivity index (χ3n) is 5.63. The zero-order valence-corrected chi connectivity index (χ0v) is 16.6. The second-order valence-corrected chi connectivity index (χ2v) is 7.78. The number of piperidine rings is 1. The van der Waals surface area contributed by atoms with Gasteiger partial charge in [-0.25, -0.2) is 0 Å². The van der Waals surface area contributed by atoms with E-state index in [9.17, 15) is 9.59 Å². The van der Waals surface area contributed by atoms with Crippen LogP contribution in [-0.4, -0.2) is 59.8 Å². The molecule has 3 rings (SSSR count). The molecule has 2 aliphatic heterocycles. The van der Waals surface area contributed by atoms with Crippen molar-refractivity contribution < 1.29 is 24.2 Å². The summed E-state index contributed by atoms with van der Waals surface area (Å²) in [6.45, 7) is 4.70. The minimum atomic E-state index is -0.343. The van der Waals surface area contributed by atoms with Crippen LogP contribution in [0.2, 0.25) is 0 Å². The number of hydrogen-bond acceptors (Lipinski definition) is 5. The summed E-state index contributed by atoms with van der Waals surface area (Å²) in [6.07, 6.45) is 2.82. The highest BCUT2D eigenvalue weighted by molar-refractivity contribution is 5.73. The lowest BCUT2D eigenvalue weighted by molar-refractivity contribution is -0.168. The minimum Gasteiger partial charge on any atom is -0.491 e. The van der Waals surface area contributed by atoms with Crippen molar-refractivity contribution in [3.8, 4) is 5.75 Å². The second kappa shape index (κ2) is 8.92. The molecule has 7 heteroatoms. The predicted octanol–water partition coefficient (Wildman–Crippen LogP) is 1.79. The van der Waals surface area contributed by atoms with E-state index in [1.807, 2.05) is 29.2 Å². The van der Waals surface area contributed by atoms with E-state index in [1.165, 1.54) is 0 Å². The average Bonchev–Trinajstić information content (AvgIpc) is 2.66. The lowest BCUT2D eigenvalue weighted by atomic mass is 9.79. The number of rotatable bonds is 5. The number of nitrogens with zero attached hydrogens (tertiary/aromatic N) is 1. The van der Waals surface area contributed by atoms with Gasteiger partial charge in [0, 0.05) is 33.0 Å². The van der Waals surface area contributed by atoms with Crippen LogP contribution in [0.25, 0.3) is 0 Å². The summed E-state index contributed by atoms with van der Waals surface area (Å²) in [4.78, 5) is 25.2. The van der Waals surface area contributed by atoms with Gasteiger partial charge in [-0.2, -0.15) is 0 Å². The van der Waals surface area contributed by atoms with Gasteiger partial charge in [0.25, 0.3) is 0 Å². The molecule has 2 atom stereocenters. The first-order valence-electron chi connectivity index (χ1n) is 9.95. The van der Waals surface area contributed by atoms with Crippen LogP contribution in [0.15, 0.2) is 24.3 Å². The molecular formula is C21H30N2O5. The summed E-state index contributed by atoms with van der Waals surface area (Å²) in [6, 6.07) is 7.74. The van der Waals surface area contributed by atoms with Gasteiger partial charge in [0.1, 0.15) is 12.4 Å².